The fourth-order valence-corrected chi connectivity index (χ4v) is 2.11. The van der Waals surface area contributed by atoms with Crippen LogP contribution in [0.5, 0.6) is 0 Å². The van der Waals surface area contributed by atoms with E-state index in [1.807, 2.05) is 0 Å². The van der Waals surface area contributed by atoms with Crippen LogP contribution in [-0.4, -0.2) is 51.2 Å². The molecule has 1 heterocycles. The number of nitrogens with zero attached hydrogens (tertiary/aromatic N) is 1. The summed E-state index contributed by atoms with van der Waals surface area (Å²) in [5.74, 6) is -1.48. The van der Waals surface area contributed by atoms with Crippen molar-refractivity contribution in [1.82, 2.24) is 4.90 Å². The lowest BCUT2D eigenvalue weighted by Gasteiger charge is -2.32. The number of hydrogen-bond donors (Lipinski definition) is 3. The minimum absolute atomic E-state index is 0.0503. The van der Waals surface area contributed by atoms with Gasteiger partial charge in [0.15, 0.2) is 0 Å². The number of likely N-dealkylation sites (tertiary alicyclic amines) is 1. The maximum Gasteiger partial charge on any atom is 0.326 e. The van der Waals surface area contributed by atoms with Gasteiger partial charge in [0, 0.05) is 13.0 Å². The van der Waals surface area contributed by atoms with Crippen LogP contribution in [0.2, 0.25) is 0 Å². The van der Waals surface area contributed by atoms with Crippen LogP contribution in [0.25, 0.3) is 0 Å². The van der Waals surface area contributed by atoms with Crippen LogP contribution in [0, 0.1) is 0 Å². The van der Waals surface area contributed by atoms with Gasteiger partial charge in [0.1, 0.15) is 6.04 Å². The van der Waals surface area contributed by atoms with Gasteiger partial charge in [0.25, 0.3) is 0 Å². The SMILES string of the molecule is CCC(N)(CC)C(=O)N1C[C@H](O)C[C@@H]1C(=O)O. The van der Waals surface area contributed by atoms with Crippen molar-refractivity contribution in [2.45, 2.75) is 50.8 Å². The molecule has 6 nitrogen and oxygen atoms in total. The Morgan fingerprint density at radius 3 is 2.35 bits per heavy atom. The van der Waals surface area contributed by atoms with Gasteiger partial charge < -0.3 is 20.8 Å². The molecule has 0 bridgehead atoms. The highest BCUT2D eigenvalue weighted by atomic mass is 16.4. The van der Waals surface area contributed by atoms with E-state index >= 15 is 0 Å². The van der Waals surface area contributed by atoms with Gasteiger partial charge in [-0.05, 0) is 12.8 Å². The van der Waals surface area contributed by atoms with Crippen molar-refractivity contribution in [3.05, 3.63) is 0 Å². The maximum atomic E-state index is 12.2. The Bertz CT molecular complexity index is 315. The molecule has 6 heteroatoms. The molecule has 2 atom stereocenters. The summed E-state index contributed by atoms with van der Waals surface area (Å²) in [5.41, 5.74) is 4.93. The predicted molar refractivity (Wildman–Crippen MR) is 61.3 cm³/mol. The average molecular weight is 244 g/mol. The topological polar surface area (TPSA) is 104 Å². The van der Waals surface area contributed by atoms with Crippen LogP contribution in [0.4, 0.5) is 0 Å². The number of aliphatic hydroxyl groups is 1. The van der Waals surface area contributed by atoms with Gasteiger partial charge in [-0.3, -0.25) is 4.79 Å². The summed E-state index contributed by atoms with van der Waals surface area (Å²) in [6.45, 7) is 3.64. The van der Waals surface area contributed by atoms with Crippen LogP contribution < -0.4 is 5.73 Å². The molecule has 0 radical (unpaired) electrons. The highest BCUT2D eigenvalue weighted by Gasteiger charge is 2.44. The molecule has 0 unspecified atom stereocenters. The summed E-state index contributed by atoms with van der Waals surface area (Å²) in [5, 5.41) is 18.5. The number of aliphatic carboxylic acids is 1. The summed E-state index contributed by atoms with van der Waals surface area (Å²) < 4.78 is 0. The average Bonchev–Trinajstić information content (AvgIpc) is 2.69. The van der Waals surface area contributed by atoms with Crippen LogP contribution in [0.1, 0.15) is 33.1 Å². The molecule has 0 aromatic rings. The van der Waals surface area contributed by atoms with Gasteiger partial charge >= 0.3 is 5.97 Å². The monoisotopic (exact) mass is 244 g/mol. The molecule has 1 saturated heterocycles. The van der Waals surface area contributed by atoms with Crippen molar-refractivity contribution in [2.24, 2.45) is 5.73 Å². The number of carbonyl (C=O) groups is 2. The standard InChI is InChI=1S/C11H20N2O4/c1-3-11(12,4-2)10(17)13-6-7(14)5-8(13)9(15)16/h7-8,14H,3-6,12H2,1-2H3,(H,15,16)/t7-,8-/m1/s1. The lowest BCUT2D eigenvalue weighted by molar-refractivity contribution is -0.150. The lowest BCUT2D eigenvalue weighted by atomic mass is 9.92. The molecule has 0 saturated carbocycles. The van der Waals surface area contributed by atoms with Crippen LogP contribution >= 0.6 is 0 Å². The third-order valence-corrected chi connectivity index (χ3v) is 3.51. The van der Waals surface area contributed by atoms with E-state index in [1.165, 1.54) is 4.90 Å². The number of carboxylic acids is 1. The van der Waals surface area contributed by atoms with Gasteiger partial charge in [-0.2, -0.15) is 0 Å². The van der Waals surface area contributed by atoms with Crippen molar-refractivity contribution in [1.29, 1.82) is 0 Å². The molecule has 1 amide bonds. The van der Waals surface area contributed by atoms with Gasteiger partial charge in [-0.15, -0.1) is 0 Å². The molecule has 4 N–H and O–H groups in total. The predicted octanol–water partition coefficient (Wildman–Crippen LogP) is -0.450. The third-order valence-electron chi connectivity index (χ3n) is 3.51. The fraction of sp³-hybridized carbons (Fsp3) is 0.818. The number of aliphatic hydroxyl groups excluding tert-OH is 1. The molecule has 1 rings (SSSR count). The Balaban J connectivity index is 2.91. The first-order valence-corrected chi connectivity index (χ1v) is 5.86. The zero-order valence-corrected chi connectivity index (χ0v) is 10.2. The number of rotatable bonds is 4. The van der Waals surface area contributed by atoms with E-state index in [2.05, 4.69) is 0 Å². The second kappa shape index (κ2) is 5.01. The number of β-amino-alcohol motifs (C(OH)–C–C–N with tert-alkyl or cyclic N) is 1. The zero-order valence-electron chi connectivity index (χ0n) is 10.2. The molecule has 1 fully saturated rings. The molecular formula is C11H20N2O4. The lowest BCUT2D eigenvalue weighted by Crippen LogP contribution is -2.57. The van der Waals surface area contributed by atoms with Crippen LogP contribution in [-0.2, 0) is 9.59 Å². The summed E-state index contributed by atoms with van der Waals surface area (Å²) in [6, 6.07) is -0.960. The van der Waals surface area contributed by atoms with Gasteiger partial charge in [0.05, 0.1) is 11.6 Å². The van der Waals surface area contributed by atoms with Gasteiger partial charge in [0.2, 0.25) is 5.91 Å². The normalized spacial score (nSPS) is 25.1. The van der Waals surface area contributed by atoms with Crippen molar-refractivity contribution < 1.29 is 19.8 Å². The number of hydrogen-bond acceptors (Lipinski definition) is 4. The largest absolute Gasteiger partial charge is 0.480 e. The van der Waals surface area contributed by atoms with Crippen LogP contribution in [0.3, 0.4) is 0 Å². The number of carbonyl (C=O) groups excluding carboxylic acids is 1. The van der Waals surface area contributed by atoms with Gasteiger partial charge in [-0.1, -0.05) is 13.8 Å². The first kappa shape index (κ1) is 13.9. The quantitative estimate of drug-likeness (QED) is 0.621. The van der Waals surface area contributed by atoms with E-state index in [4.69, 9.17) is 10.8 Å². The highest BCUT2D eigenvalue weighted by Crippen LogP contribution is 2.24. The van der Waals surface area contributed by atoms with Crippen LogP contribution in [0.15, 0.2) is 0 Å². The highest BCUT2D eigenvalue weighted by molar-refractivity contribution is 5.90. The van der Waals surface area contributed by atoms with E-state index < -0.39 is 23.7 Å². The molecule has 1 aliphatic rings. The third kappa shape index (κ3) is 2.58. The maximum absolute atomic E-state index is 12.2. The molecule has 1 aliphatic heterocycles. The molecule has 0 aliphatic carbocycles. The Kier molecular flexibility index (Phi) is 4.11. The molecule has 17 heavy (non-hydrogen) atoms. The second-order valence-corrected chi connectivity index (χ2v) is 4.56. The zero-order chi connectivity index (χ0) is 13.2. The Hall–Kier alpha value is -1.14. The molecule has 0 aromatic heterocycles. The van der Waals surface area contributed by atoms with Crippen molar-refractivity contribution in [2.75, 3.05) is 6.54 Å². The molecule has 98 valence electrons. The van der Waals surface area contributed by atoms with E-state index in [0.717, 1.165) is 0 Å². The minimum Gasteiger partial charge on any atom is -0.480 e. The minimum atomic E-state index is -1.09. The summed E-state index contributed by atoms with van der Waals surface area (Å²) in [7, 11) is 0. The Morgan fingerprint density at radius 1 is 1.41 bits per heavy atom. The van der Waals surface area contributed by atoms with Crippen molar-refractivity contribution in [3.63, 3.8) is 0 Å². The summed E-state index contributed by atoms with van der Waals surface area (Å²) in [6.07, 6.45) is 0.186. The van der Waals surface area contributed by atoms with E-state index in [0.29, 0.717) is 12.8 Å². The summed E-state index contributed by atoms with van der Waals surface area (Å²) >= 11 is 0. The summed E-state index contributed by atoms with van der Waals surface area (Å²) in [4.78, 5) is 24.4. The first-order valence-electron chi connectivity index (χ1n) is 5.86. The number of carboxylic acid groups (broad SMARTS) is 1. The Morgan fingerprint density at radius 2 is 1.94 bits per heavy atom. The number of nitrogens with two attached hydrogens (primary N) is 1. The first-order chi connectivity index (χ1) is 7.85. The van der Waals surface area contributed by atoms with Crippen molar-refractivity contribution in [3.8, 4) is 0 Å². The Labute approximate surface area is 100 Å². The van der Waals surface area contributed by atoms with E-state index in [9.17, 15) is 14.7 Å². The van der Waals surface area contributed by atoms with E-state index in [1.54, 1.807) is 13.8 Å². The number of amides is 1. The molecule has 0 spiro atoms. The molecule has 0 aromatic carbocycles. The van der Waals surface area contributed by atoms with Gasteiger partial charge in [-0.25, -0.2) is 4.79 Å². The molecular weight excluding hydrogens is 224 g/mol. The van der Waals surface area contributed by atoms with E-state index in [-0.39, 0.29) is 18.9 Å². The fourth-order valence-electron chi connectivity index (χ4n) is 2.11. The smallest absolute Gasteiger partial charge is 0.326 e. The van der Waals surface area contributed by atoms with Crippen molar-refractivity contribution >= 4 is 11.9 Å². The second-order valence-electron chi connectivity index (χ2n) is 4.56.